The molecule has 8 heteroatoms. The Labute approximate surface area is 154 Å². The maximum absolute atomic E-state index is 11.6. The van der Waals surface area contributed by atoms with E-state index in [0.29, 0.717) is 11.3 Å². The number of ether oxygens (including phenoxy) is 1. The average Bonchev–Trinajstić information content (AvgIpc) is 2.43. The summed E-state index contributed by atoms with van der Waals surface area (Å²) in [7, 11) is 0. The number of rotatable bonds is 4. The molecule has 6 nitrogen and oxygen atoms in total. The highest BCUT2D eigenvalue weighted by Crippen LogP contribution is 2.29. The Kier molecular flexibility index (Phi) is 7.14. The first-order valence-electron chi connectivity index (χ1n) is 5.67. The normalized spacial score (nSPS) is 10.3. The lowest BCUT2D eigenvalue weighted by molar-refractivity contribution is -0.115. The number of primary amides is 1. The zero-order valence-corrected chi connectivity index (χ0v) is 15.3. The van der Waals surface area contributed by atoms with Gasteiger partial charge in [-0.25, -0.2) is 4.79 Å². The van der Waals surface area contributed by atoms with E-state index in [0.717, 1.165) is 7.14 Å². The van der Waals surface area contributed by atoms with Gasteiger partial charge in [-0.1, -0.05) is 5.92 Å². The summed E-state index contributed by atoms with van der Waals surface area (Å²) >= 11 is 4.12. The molecule has 22 heavy (non-hydrogen) atoms. The number of halogens is 2. The summed E-state index contributed by atoms with van der Waals surface area (Å²) in [5, 5.41) is 10.8. The van der Waals surface area contributed by atoms with E-state index in [2.05, 4.69) is 51.1 Å². The van der Waals surface area contributed by atoms with Gasteiger partial charge in [-0.2, -0.15) is 5.26 Å². The molecule has 0 atom stereocenters. The van der Waals surface area contributed by atoms with Crippen molar-refractivity contribution in [3.63, 3.8) is 0 Å². The first-order valence-corrected chi connectivity index (χ1v) is 7.82. The smallest absolute Gasteiger partial charge is 0.319 e. The van der Waals surface area contributed by atoms with Gasteiger partial charge in [0.1, 0.15) is 24.0 Å². The molecule has 3 amide bonds. The second-order valence-electron chi connectivity index (χ2n) is 3.79. The van der Waals surface area contributed by atoms with Gasteiger partial charge in [0.25, 0.3) is 5.91 Å². The molecule has 0 heterocycles. The van der Waals surface area contributed by atoms with Crippen molar-refractivity contribution in [3.05, 3.63) is 30.4 Å². The number of urea groups is 1. The number of hydrogen-bond acceptors (Lipinski definition) is 4. The van der Waals surface area contributed by atoms with Crippen molar-refractivity contribution >= 4 is 63.2 Å². The molecule has 0 saturated heterocycles. The van der Waals surface area contributed by atoms with Crippen LogP contribution >= 0.6 is 45.2 Å². The topological polar surface area (TPSA) is 105 Å². The standard InChI is InChI=1S/C14H9I2N3O3/c1-2-3-22-12-10(15)5-8(6-11(12)16)4-9(7-17)13(20)19-14(18)21/h1,4-6H,3H2,(H3,18,19,20,21)/b9-4-. The minimum atomic E-state index is -1.02. The van der Waals surface area contributed by atoms with Gasteiger partial charge in [0, 0.05) is 0 Å². The molecule has 0 unspecified atom stereocenters. The lowest BCUT2D eigenvalue weighted by Crippen LogP contribution is -2.35. The Bertz CT molecular complexity index is 707. The number of terminal acetylenes is 1. The van der Waals surface area contributed by atoms with Crippen LogP contribution in [0.1, 0.15) is 5.56 Å². The van der Waals surface area contributed by atoms with Crippen LogP contribution in [-0.2, 0) is 4.79 Å². The second kappa shape index (κ2) is 8.60. The predicted octanol–water partition coefficient (Wildman–Crippen LogP) is 2.01. The molecule has 112 valence electrons. The maximum atomic E-state index is 11.6. The van der Waals surface area contributed by atoms with Crippen LogP contribution in [0.5, 0.6) is 5.75 Å². The van der Waals surface area contributed by atoms with Gasteiger partial charge in [-0.05, 0) is 69.0 Å². The van der Waals surface area contributed by atoms with Crippen molar-refractivity contribution in [2.45, 2.75) is 0 Å². The van der Waals surface area contributed by atoms with Gasteiger partial charge in [-0.3, -0.25) is 10.1 Å². The van der Waals surface area contributed by atoms with E-state index in [9.17, 15) is 9.59 Å². The maximum Gasteiger partial charge on any atom is 0.319 e. The molecule has 0 spiro atoms. The molecule has 0 aliphatic heterocycles. The summed E-state index contributed by atoms with van der Waals surface area (Å²) < 4.78 is 6.98. The number of imide groups is 1. The molecule has 0 aromatic heterocycles. The molecule has 1 rings (SSSR count). The van der Waals surface area contributed by atoms with Crippen molar-refractivity contribution in [2.75, 3.05) is 6.61 Å². The highest BCUT2D eigenvalue weighted by atomic mass is 127. The highest BCUT2D eigenvalue weighted by Gasteiger charge is 2.13. The Balaban J connectivity index is 3.15. The third-order valence-corrected chi connectivity index (χ3v) is 3.84. The summed E-state index contributed by atoms with van der Waals surface area (Å²) in [6, 6.07) is 4.15. The van der Waals surface area contributed by atoms with Gasteiger partial charge in [0.15, 0.2) is 0 Å². The molecule has 0 aliphatic rings. The van der Waals surface area contributed by atoms with Crippen molar-refractivity contribution in [1.29, 1.82) is 5.26 Å². The zero-order valence-electron chi connectivity index (χ0n) is 11.0. The van der Waals surface area contributed by atoms with E-state index in [4.69, 9.17) is 22.2 Å². The number of amides is 3. The average molecular weight is 521 g/mol. The largest absolute Gasteiger partial charge is 0.479 e. The number of carbonyl (C=O) groups excluding carboxylic acids is 2. The SMILES string of the molecule is C#CCOc1c(I)cc(/C=C(/C#N)C(=O)NC(N)=O)cc1I. The Morgan fingerprint density at radius 3 is 2.45 bits per heavy atom. The minimum absolute atomic E-state index is 0.144. The van der Waals surface area contributed by atoms with E-state index in [-0.39, 0.29) is 12.2 Å². The molecule has 1 aromatic rings. The van der Waals surface area contributed by atoms with Gasteiger partial charge < -0.3 is 10.5 Å². The van der Waals surface area contributed by atoms with Crippen LogP contribution in [0.25, 0.3) is 6.08 Å². The van der Waals surface area contributed by atoms with Crippen molar-refractivity contribution in [2.24, 2.45) is 5.73 Å². The van der Waals surface area contributed by atoms with Crippen LogP contribution in [0.4, 0.5) is 4.79 Å². The Hall–Kier alpha value is -1.79. The number of benzene rings is 1. The van der Waals surface area contributed by atoms with Crippen LogP contribution in [0.15, 0.2) is 17.7 Å². The molecule has 0 aliphatic carbocycles. The second-order valence-corrected chi connectivity index (χ2v) is 6.12. The molecule has 3 N–H and O–H groups in total. The number of nitrogens with zero attached hydrogens (tertiary/aromatic N) is 1. The minimum Gasteiger partial charge on any atom is -0.479 e. The van der Waals surface area contributed by atoms with Gasteiger partial charge in [-0.15, -0.1) is 6.42 Å². The molecule has 0 saturated carbocycles. The Morgan fingerprint density at radius 1 is 1.41 bits per heavy atom. The molecule has 1 aromatic carbocycles. The van der Waals surface area contributed by atoms with Gasteiger partial charge in [0.05, 0.1) is 7.14 Å². The third kappa shape index (κ3) is 5.20. The quantitative estimate of drug-likeness (QED) is 0.274. The van der Waals surface area contributed by atoms with E-state index >= 15 is 0 Å². The van der Waals surface area contributed by atoms with Crippen LogP contribution in [0, 0.1) is 30.8 Å². The fourth-order valence-corrected chi connectivity index (χ4v) is 3.54. The number of hydrogen-bond donors (Lipinski definition) is 2. The van der Waals surface area contributed by atoms with Crippen LogP contribution < -0.4 is 15.8 Å². The molecule has 0 fully saturated rings. The van der Waals surface area contributed by atoms with Gasteiger partial charge in [0.2, 0.25) is 0 Å². The molecule has 0 radical (unpaired) electrons. The van der Waals surface area contributed by atoms with Crippen molar-refractivity contribution in [3.8, 4) is 24.2 Å². The van der Waals surface area contributed by atoms with Gasteiger partial charge >= 0.3 is 6.03 Å². The fourth-order valence-electron chi connectivity index (χ4n) is 1.41. The lowest BCUT2D eigenvalue weighted by Gasteiger charge is -2.09. The summed E-state index contributed by atoms with van der Waals surface area (Å²) in [4.78, 5) is 22.3. The summed E-state index contributed by atoms with van der Waals surface area (Å²) in [5.74, 6) is 2.16. The molecular weight excluding hydrogens is 512 g/mol. The number of nitriles is 1. The van der Waals surface area contributed by atoms with E-state index < -0.39 is 11.9 Å². The van der Waals surface area contributed by atoms with Crippen LogP contribution in [-0.4, -0.2) is 18.5 Å². The van der Waals surface area contributed by atoms with Crippen LogP contribution in [0.3, 0.4) is 0 Å². The number of carbonyl (C=O) groups is 2. The van der Waals surface area contributed by atoms with E-state index in [1.807, 2.05) is 5.32 Å². The summed E-state index contributed by atoms with van der Waals surface area (Å²) in [5.41, 5.74) is 5.23. The van der Waals surface area contributed by atoms with Crippen LogP contribution in [0.2, 0.25) is 0 Å². The Morgan fingerprint density at radius 2 is 2.00 bits per heavy atom. The lowest BCUT2D eigenvalue weighted by atomic mass is 10.1. The zero-order chi connectivity index (χ0) is 16.7. The van der Waals surface area contributed by atoms with E-state index in [1.54, 1.807) is 18.2 Å². The predicted molar refractivity (Wildman–Crippen MR) is 97.5 cm³/mol. The summed E-state index contributed by atoms with van der Waals surface area (Å²) in [6.45, 7) is 0.144. The van der Waals surface area contributed by atoms with Crippen molar-refractivity contribution in [1.82, 2.24) is 5.32 Å². The first kappa shape index (κ1) is 18.3. The first-order chi connectivity index (χ1) is 10.4. The highest BCUT2D eigenvalue weighted by molar-refractivity contribution is 14.1. The molecule has 0 bridgehead atoms. The summed E-state index contributed by atoms with van der Waals surface area (Å²) in [6.07, 6.45) is 6.51. The fraction of sp³-hybridized carbons (Fsp3) is 0.0714. The molecular formula is C14H9I2N3O3. The van der Waals surface area contributed by atoms with E-state index in [1.165, 1.54) is 6.08 Å². The van der Waals surface area contributed by atoms with Crippen molar-refractivity contribution < 1.29 is 14.3 Å². The number of nitrogens with one attached hydrogen (secondary N) is 1. The monoisotopic (exact) mass is 521 g/mol. The number of nitrogens with two attached hydrogens (primary N) is 1. The third-order valence-electron chi connectivity index (χ3n) is 2.23.